The van der Waals surface area contributed by atoms with E-state index in [0.29, 0.717) is 11.0 Å². The van der Waals surface area contributed by atoms with Crippen molar-refractivity contribution in [1.29, 1.82) is 0 Å². The molecular weight excluding hydrogens is 315 g/mol. The summed E-state index contributed by atoms with van der Waals surface area (Å²) < 4.78 is 19.7. The molecule has 0 atom stereocenters. The largest absolute Gasteiger partial charge is 0.454 e. The SMILES string of the molecule is O=C(COC(=O)Cn1nnc2ccccc21)Nc1ccccc1F. The summed E-state index contributed by atoms with van der Waals surface area (Å²) in [5.41, 5.74) is 1.37. The third-order valence-corrected chi connectivity index (χ3v) is 3.21. The van der Waals surface area contributed by atoms with Gasteiger partial charge in [-0.3, -0.25) is 9.59 Å². The van der Waals surface area contributed by atoms with E-state index in [4.69, 9.17) is 4.74 Å². The van der Waals surface area contributed by atoms with Gasteiger partial charge in [0.2, 0.25) is 0 Å². The van der Waals surface area contributed by atoms with Gasteiger partial charge >= 0.3 is 5.97 Å². The predicted molar refractivity (Wildman–Crippen MR) is 83.5 cm³/mol. The second kappa shape index (κ2) is 6.86. The zero-order valence-corrected chi connectivity index (χ0v) is 12.5. The minimum Gasteiger partial charge on any atom is -0.454 e. The number of ether oxygens (including phenoxy) is 1. The lowest BCUT2D eigenvalue weighted by atomic mass is 10.3. The molecule has 0 saturated heterocycles. The second-order valence-electron chi connectivity index (χ2n) is 4.92. The van der Waals surface area contributed by atoms with E-state index in [1.807, 2.05) is 6.07 Å². The summed E-state index contributed by atoms with van der Waals surface area (Å²) in [6.07, 6.45) is 0. The van der Waals surface area contributed by atoms with Gasteiger partial charge in [0, 0.05) is 0 Å². The zero-order valence-electron chi connectivity index (χ0n) is 12.5. The Hall–Kier alpha value is -3.29. The van der Waals surface area contributed by atoms with Gasteiger partial charge in [0.15, 0.2) is 6.61 Å². The summed E-state index contributed by atoms with van der Waals surface area (Å²) in [5.74, 6) is -1.84. The van der Waals surface area contributed by atoms with Crippen molar-refractivity contribution in [3.8, 4) is 0 Å². The number of hydrogen-bond acceptors (Lipinski definition) is 5. The first-order valence-corrected chi connectivity index (χ1v) is 7.12. The molecule has 1 aromatic heterocycles. The van der Waals surface area contributed by atoms with Crippen LogP contribution in [0, 0.1) is 5.82 Å². The fourth-order valence-electron chi connectivity index (χ4n) is 2.10. The van der Waals surface area contributed by atoms with Crippen LogP contribution in [-0.4, -0.2) is 33.5 Å². The molecule has 3 aromatic rings. The molecule has 0 aliphatic carbocycles. The van der Waals surface area contributed by atoms with E-state index in [0.717, 1.165) is 0 Å². The number of nitrogens with zero attached hydrogens (tertiary/aromatic N) is 3. The van der Waals surface area contributed by atoms with E-state index < -0.39 is 24.3 Å². The average molecular weight is 328 g/mol. The van der Waals surface area contributed by atoms with Gasteiger partial charge in [-0.05, 0) is 24.3 Å². The third-order valence-electron chi connectivity index (χ3n) is 3.21. The molecule has 122 valence electrons. The van der Waals surface area contributed by atoms with E-state index in [1.54, 1.807) is 24.3 Å². The highest BCUT2D eigenvalue weighted by molar-refractivity contribution is 5.92. The van der Waals surface area contributed by atoms with Crippen molar-refractivity contribution in [2.45, 2.75) is 6.54 Å². The number of halogens is 1. The van der Waals surface area contributed by atoms with Crippen LogP contribution in [0.3, 0.4) is 0 Å². The van der Waals surface area contributed by atoms with Crippen LogP contribution in [0.25, 0.3) is 11.0 Å². The summed E-state index contributed by atoms with van der Waals surface area (Å²) in [7, 11) is 0. The lowest BCUT2D eigenvalue weighted by molar-refractivity contribution is -0.148. The van der Waals surface area contributed by atoms with E-state index in [-0.39, 0.29) is 12.2 Å². The number of carbonyl (C=O) groups excluding carboxylic acids is 2. The first-order chi connectivity index (χ1) is 11.6. The highest BCUT2D eigenvalue weighted by Crippen LogP contribution is 2.12. The molecule has 0 unspecified atom stereocenters. The van der Waals surface area contributed by atoms with Crippen LogP contribution in [0.2, 0.25) is 0 Å². The predicted octanol–water partition coefficient (Wildman–Crippen LogP) is 1.75. The van der Waals surface area contributed by atoms with Crippen molar-refractivity contribution in [3.05, 3.63) is 54.3 Å². The lowest BCUT2D eigenvalue weighted by Gasteiger charge is -2.07. The van der Waals surface area contributed by atoms with Gasteiger partial charge in [-0.1, -0.05) is 29.5 Å². The second-order valence-corrected chi connectivity index (χ2v) is 4.92. The van der Waals surface area contributed by atoms with Crippen molar-refractivity contribution in [1.82, 2.24) is 15.0 Å². The van der Waals surface area contributed by atoms with Gasteiger partial charge in [0.25, 0.3) is 5.91 Å². The molecule has 1 heterocycles. The van der Waals surface area contributed by atoms with Crippen molar-refractivity contribution >= 4 is 28.6 Å². The number of hydrogen-bond donors (Lipinski definition) is 1. The Balaban J connectivity index is 1.54. The maximum Gasteiger partial charge on any atom is 0.328 e. The third kappa shape index (κ3) is 3.54. The molecule has 1 amide bonds. The molecule has 7 nitrogen and oxygen atoms in total. The van der Waals surface area contributed by atoms with E-state index in [1.165, 1.54) is 22.9 Å². The minimum atomic E-state index is -0.644. The van der Waals surface area contributed by atoms with Gasteiger partial charge in [-0.25, -0.2) is 9.07 Å². The van der Waals surface area contributed by atoms with Crippen LogP contribution >= 0.6 is 0 Å². The molecule has 2 aromatic carbocycles. The molecule has 0 aliphatic heterocycles. The highest BCUT2D eigenvalue weighted by atomic mass is 19.1. The fourth-order valence-corrected chi connectivity index (χ4v) is 2.10. The number of amides is 1. The average Bonchev–Trinajstić information content (AvgIpc) is 2.98. The number of fused-ring (bicyclic) bond motifs is 1. The molecule has 0 aliphatic rings. The van der Waals surface area contributed by atoms with Crippen molar-refractivity contribution < 1.29 is 18.7 Å². The molecule has 0 bridgehead atoms. The van der Waals surface area contributed by atoms with Crippen LogP contribution in [-0.2, 0) is 20.9 Å². The maximum absolute atomic E-state index is 13.4. The molecule has 1 N–H and O–H groups in total. The van der Waals surface area contributed by atoms with Crippen molar-refractivity contribution in [2.75, 3.05) is 11.9 Å². The fraction of sp³-hybridized carbons (Fsp3) is 0.125. The van der Waals surface area contributed by atoms with Crippen molar-refractivity contribution in [3.63, 3.8) is 0 Å². The Bertz CT molecular complexity index is 894. The summed E-state index contributed by atoms with van der Waals surface area (Å²) in [4.78, 5) is 23.5. The monoisotopic (exact) mass is 328 g/mol. The van der Waals surface area contributed by atoms with Gasteiger partial charge < -0.3 is 10.1 Å². The van der Waals surface area contributed by atoms with Crippen LogP contribution in [0.4, 0.5) is 10.1 Å². The Morgan fingerprint density at radius 1 is 1.12 bits per heavy atom. The van der Waals surface area contributed by atoms with Crippen LogP contribution < -0.4 is 5.32 Å². The number of anilines is 1. The molecule has 0 saturated carbocycles. The normalized spacial score (nSPS) is 10.5. The number of esters is 1. The van der Waals surface area contributed by atoms with E-state index in [9.17, 15) is 14.0 Å². The summed E-state index contributed by atoms with van der Waals surface area (Å²) in [6.45, 7) is -0.687. The van der Waals surface area contributed by atoms with Gasteiger partial charge in [-0.15, -0.1) is 5.10 Å². The van der Waals surface area contributed by atoms with Crippen LogP contribution in [0.1, 0.15) is 0 Å². The number of nitrogens with one attached hydrogen (secondary N) is 1. The van der Waals surface area contributed by atoms with Gasteiger partial charge in [0.1, 0.15) is 17.9 Å². The molecule has 24 heavy (non-hydrogen) atoms. The van der Waals surface area contributed by atoms with E-state index in [2.05, 4.69) is 15.6 Å². The number of benzene rings is 2. The summed E-state index contributed by atoms with van der Waals surface area (Å²) >= 11 is 0. The Morgan fingerprint density at radius 3 is 2.71 bits per heavy atom. The first kappa shape index (κ1) is 15.6. The number of carbonyl (C=O) groups is 2. The quantitative estimate of drug-likeness (QED) is 0.721. The number of para-hydroxylation sites is 2. The van der Waals surface area contributed by atoms with Crippen molar-refractivity contribution in [2.24, 2.45) is 0 Å². The van der Waals surface area contributed by atoms with Crippen LogP contribution in [0.5, 0.6) is 0 Å². The smallest absolute Gasteiger partial charge is 0.328 e. The highest BCUT2D eigenvalue weighted by Gasteiger charge is 2.12. The molecule has 8 heteroatoms. The molecule has 0 spiro atoms. The summed E-state index contributed by atoms with van der Waals surface area (Å²) in [6, 6.07) is 12.9. The Kier molecular flexibility index (Phi) is 4.46. The molecule has 0 radical (unpaired) electrons. The topological polar surface area (TPSA) is 86.1 Å². The Labute approximate surface area is 136 Å². The maximum atomic E-state index is 13.4. The number of rotatable bonds is 5. The first-order valence-electron chi connectivity index (χ1n) is 7.12. The number of aromatic nitrogens is 3. The van der Waals surface area contributed by atoms with Crippen LogP contribution in [0.15, 0.2) is 48.5 Å². The molecular formula is C16H13FN4O3. The lowest BCUT2D eigenvalue weighted by Crippen LogP contribution is -2.23. The molecule has 3 rings (SSSR count). The van der Waals surface area contributed by atoms with Gasteiger partial charge in [-0.2, -0.15) is 0 Å². The molecule has 0 fully saturated rings. The van der Waals surface area contributed by atoms with E-state index >= 15 is 0 Å². The Morgan fingerprint density at radius 2 is 1.88 bits per heavy atom. The summed E-state index contributed by atoms with van der Waals surface area (Å²) in [5, 5.41) is 10.1. The standard InChI is InChI=1S/C16H13FN4O3/c17-11-5-1-2-6-12(11)18-15(22)10-24-16(23)9-21-14-8-4-3-7-13(14)19-20-21/h1-8H,9-10H2,(H,18,22). The zero-order chi connectivity index (χ0) is 16.9. The minimum absolute atomic E-state index is 0.0285. The van der Waals surface area contributed by atoms with Gasteiger partial charge in [0.05, 0.1) is 11.2 Å².